The highest BCUT2D eigenvalue weighted by Gasteiger charge is 2.12. The lowest BCUT2D eigenvalue weighted by molar-refractivity contribution is -0.121. The maximum Gasteiger partial charge on any atom is 0.272 e. The predicted octanol–water partition coefficient (Wildman–Crippen LogP) is 3.31. The summed E-state index contributed by atoms with van der Waals surface area (Å²) in [4.78, 5) is 28.4. The number of H-pyrrole nitrogens is 1. The van der Waals surface area contributed by atoms with Crippen molar-refractivity contribution in [3.05, 3.63) is 64.8 Å². The Morgan fingerprint density at radius 3 is 2.77 bits per heavy atom. The zero-order valence-corrected chi connectivity index (χ0v) is 19.7. The fourth-order valence-electron chi connectivity index (χ4n) is 3.54. The Balaban J connectivity index is 1.19. The van der Waals surface area contributed by atoms with Crippen molar-refractivity contribution < 1.29 is 14.1 Å². The molecule has 0 bridgehead atoms. The number of aromatic amines is 1. The van der Waals surface area contributed by atoms with Crippen LogP contribution in [0.1, 0.15) is 32.6 Å². The standard InChI is InChI=1S/C25H28N6O4/c1-16(2)34-18-8-5-7-17(15-18)23-28-22(35-31-23)12-11-21(32)26-13-6-14-27-24-19-9-3-4-10-20(19)25(33)30-29-24/h3-5,7-10,15-16H,6,11-14H2,1-2H3,(H,26,32)(H,27,29)(H,30,33). The molecular formula is C25H28N6O4. The quantitative estimate of drug-likeness (QED) is 0.281. The van der Waals surface area contributed by atoms with Gasteiger partial charge in [0.15, 0.2) is 5.82 Å². The molecule has 3 N–H and O–H groups in total. The number of carbonyl (C=O) groups excluding carboxylic acids is 1. The molecule has 0 atom stereocenters. The van der Waals surface area contributed by atoms with Crippen LogP contribution >= 0.6 is 0 Å². The molecule has 2 aromatic heterocycles. The summed E-state index contributed by atoms with van der Waals surface area (Å²) in [5.41, 5.74) is 0.570. The van der Waals surface area contributed by atoms with Crippen LogP contribution in [-0.2, 0) is 11.2 Å². The fourth-order valence-corrected chi connectivity index (χ4v) is 3.54. The first-order valence-corrected chi connectivity index (χ1v) is 11.6. The summed E-state index contributed by atoms with van der Waals surface area (Å²) < 4.78 is 11.0. The van der Waals surface area contributed by atoms with E-state index >= 15 is 0 Å². The van der Waals surface area contributed by atoms with Gasteiger partial charge in [0.25, 0.3) is 5.56 Å². The van der Waals surface area contributed by atoms with Crippen molar-refractivity contribution >= 4 is 22.5 Å². The van der Waals surface area contributed by atoms with Gasteiger partial charge >= 0.3 is 0 Å². The Labute approximate surface area is 202 Å². The third kappa shape index (κ3) is 6.44. The monoisotopic (exact) mass is 476 g/mol. The number of amides is 1. The van der Waals surface area contributed by atoms with Crippen LogP contribution in [0, 0.1) is 0 Å². The van der Waals surface area contributed by atoms with E-state index in [2.05, 4.69) is 31.0 Å². The highest BCUT2D eigenvalue weighted by atomic mass is 16.5. The lowest BCUT2D eigenvalue weighted by Crippen LogP contribution is -2.26. The molecule has 182 valence electrons. The van der Waals surface area contributed by atoms with E-state index in [0.717, 1.165) is 16.7 Å². The van der Waals surface area contributed by atoms with Crippen LogP contribution in [-0.4, -0.2) is 45.4 Å². The number of hydrogen-bond acceptors (Lipinski definition) is 8. The van der Waals surface area contributed by atoms with Gasteiger partial charge in [-0.1, -0.05) is 35.5 Å². The molecule has 0 saturated carbocycles. The zero-order valence-electron chi connectivity index (χ0n) is 19.7. The third-order valence-corrected chi connectivity index (χ3v) is 5.16. The second-order valence-electron chi connectivity index (χ2n) is 8.28. The number of nitrogens with zero attached hydrogens (tertiary/aromatic N) is 3. The maximum atomic E-state index is 12.2. The molecular weight excluding hydrogens is 448 g/mol. The van der Waals surface area contributed by atoms with E-state index in [0.29, 0.717) is 48.9 Å². The number of fused-ring (bicyclic) bond motifs is 1. The van der Waals surface area contributed by atoms with Crippen molar-refractivity contribution in [2.75, 3.05) is 18.4 Å². The van der Waals surface area contributed by atoms with Crippen LogP contribution in [0.2, 0.25) is 0 Å². The first-order chi connectivity index (χ1) is 17.0. The normalized spacial score (nSPS) is 11.1. The number of ether oxygens (including phenoxy) is 1. The molecule has 0 radical (unpaired) electrons. The van der Waals surface area contributed by atoms with E-state index in [1.807, 2.05) is 56.3 Å². The summed E-state index contributed by atoms with van der Waals surface area (Å²) >= 11 is 0. The van der Waals surface area contributed by atoms with Crippen molar-refractivity contribution in [2.45, 2.75) is 39.2 Å². The van der Waals surface area contributed by atoms with Crippen molar-refractivity contribution in [1.29, 1.82) is 0 Å². The van der Waals surface area contributed by atoms with Gasteiger partial charge in [0.1, 0.15) is 5.75 Å². The summed E-state index contributed by atoms with van der Waals surface area (Å²) in [5.74, 6) is 2.12. The Morgan fingerprint density at radius 1 is 1.11 bits per heavy atom. The Kier molecular flexibility index (Phi) is 7.71. The summed E-state index contributed by atoms with van der Waals surface area (Å²) in [5, 5.41) is 18.0. The number of nitrogens with one attached hydrogen (secondary N) is 3. The highest BCUT2D eigenvalue weighted by molar-refractivity contribution is 5.90. The highest BCUT2D eigenvalue weighted by Crippen LogP contribution is 2.22. The van der Waals surface area contributed by atoms with Crippen LogP contribution in [0.4, 0.5) is 5.82 Å². The van der Waals surface area contributed by atoms with E-state index in [9.17, 15) is 9.59 Å². The molecule has 10 nitrogen and oxygen atoms in total. The van der Waals surface area contributed by atoms with Gasteiger partial charge in [0.05, 0.1) is 11.5 Å². The molecule has 0 unspecified atom stereocenters. The van der Waals surface area contributed by atoms with Gasteiger partial charge in [-0.3, -0.25) is 9.59 Å². The Morgan fingerprint density at radius 2 is 1.94 bits per heavy atom. The first kappa shape index (κ1) is 23.9. The topological polar surface area (TPSA) is 135 Å². The van der Waals surface area contributed by atoms with Crippen molar-refractivity contribution in [1.82, 2.24) is 25.7 Å². The van der Waals surface area contributed by atoms with E-state index in [1.54, 1.807) is 6.07 Å². The number of rotatable bonds is 11. The van der Waals surface area contributed by atoms with Gasteiger partial charge < -0.3 is 19.9 Å². The lowest BCUT2D eigenvalue weighted by atomic mass is 10.2. The molecule has 0 spiro atoms. The van der Waals surface area contributed by atoms with Gasteiger partial charge in [-0.2, -0.15) is 10.1 Å². The van der Waals surface area contributed by atoms with E-state index in [4.69, 9.17) is 9.26 Å². The zero-order chi connectivity index (χ0) is 24.6. The van der Waals surface area contributed by atoms with Crippen LogP contribution in [0.15, 0.2) is 57.8 Å². The summed E-state index contributed by atoms with van der Waals surface area (Å²) in [6.45, 7) is 5.03. The molecule has 0 saturated heterocycles. The molecule has 10 heteroatoms. The molecule has 2 heterocycles. The number of carbonyl (C=O) groups is 1. The fraction of sp³-hybridized carbons (Fsp3) is 0.320. The maximum absolute atomic E-state index is 12.2. The minimum Gasteiger partial charge on any atom is -0.491 e. The number of hydrogen-bond donors (Lipinski definition) is 3. The molecule has 4 aromatic rings. The lowest BCUT2D eigenvalue weighted by Gasteiger charge is -2.09. The summed E-state index contributed by atoms with van der Waals surface area (Å²) in [7, 11) is 0. The van der Waals surface area contributed by atoms with Crippen molar-refractivity contribution in [3.63, 3.8) is 0 Å². The predicted molar refractivity (Wildman–Crippen MR) is 132 cm³/mol. The van der Waals surface area contributed by atoms with E-state index in [1.165, 1.54) is 0 Å². The molecule has 0 fully saturated rings. The minimum absolute atomic E-state index is 0.0702. The van der Waals surface area contributed by atoms with Crippen LogP contribution in [0.3, 0.4) is 0 Å². The van der Waals surface area contributed by atoms with Gasteiger partial charge in [-0.15, -0.1) is 0 Å². The van der Waals surface area contributed by atoms with Gasteiger partial charge in [-0.25, -0.2) is 5.10 Å². The van der Waals surface area contributed by atoms with E-state index < -0.39 is 0 Å². The average molecular weight is 477 g/mol. The second kappa shape index (κ2) is 11.3. The number of aromatic nitrogens is 4. The van der Waals surface area contributed by atoms with E-state index in [-0.39, 0.29) is 24.0 Å². The van der Waals surface area contributed by atoms with Crippen molar-refractivity contribution in [3.8, 4) is 17.1 Å². The average Bonchev–Trinajstić information content (AvgIpc) is 3.33. The SMILES string of the molecule is CC(C)Oc1cccc(-c2noc(CCC(=O)NCCCNc3n[nH]c(=O)c4ccccc34)n2)c1. The largest absolute Gasteiger partial charge is 0.491 e. The van der Waals surface area contributed by atoms with Crippen LogP contribution < -0.4 is 20.9 Å². The number of anilines is 1. The van der Waals surface area contributed by atoms with Crippen molar-refractivity contribution in [2.24, 2.45) is 0 Å². The van der Waals surface area contributed by atoms with Crippen LogP contribution in [0.25, 0.3) is 22.2 Å². The third-order valence-electron chi connectivity index (χ3n) is 5.16. The molecule has 0 aliphatic heterocycles. The van der Waals surface area contributed by atoms with Gasteiger partial charge in [0, 0.05) is 36.9 Å². The summed E-state index contributed by atoms with van der Waals surface area (Å²) in [6.07, 6.45) is 1.37. The Bertz CT molecular complexity index is 1350. The second-order valence-corrected chi connectivity index (χ2v) is 8.28. The van der Waals surface area contributed by atoms with Gasteiger partial charge in [0.2, 0.25) is 17.6 Å². The molecule has 0 aliphatic carbocycles. The minimum atomic E-state index is -0.222. The number of benzene rings is 2. The van der Waals surface area contributed by atoms with Crippen LogP contribution in [0.5, 0.6) is 5.75 Å². The molecule has 35 heavy (non-hydrogen) atoms. The first-order valence-electron chi connectivity index (χ1n) is 11.6. The smallest absolute Gasteiger partial charge is 0.272 e. The molecule has 2 aromatic carbocycles. The Hall–Kier alpha value is -4.21. The molecule has 4 rings (SSSR count). The van der Waals surface area contributed by atoms with Gasteiger partial charge in [-0.05, 0) is 38.5 Å². The molecule has 1 amide bonds. The number of aryl methyl sites for hydroxylation is 1. The molecule has 0 aliphatic rings. The summed E-state index contributed by atoms with van der Waals surface area (Å²) in [6, 6.07) is 14.8.